The molecule has 8 nitrogen and oxygen atoms in total. The van der Waals surface area contributed by atoms with Crippen LogP contribution in [0, 0.1) is 0 Å². The number of benzene rings is 1. The summed E-state index contributed by atoms with van der Waals surface area (Å²) in [6.45, 7) is 3.48. The fraction of sp³-hybridized carbons (Fsp3) is 0.333. The van der Waals surface area contributed by atoms with E-state index in [1.54, 1.807) is 40.2 Å². The molecule has 0 atom stereocenters. The zero-order valence-corrected chi connectivity index (χ0v) is 14.9. The predicted octanol–water partition coefficient (Wildman–Crippen LogP) is 2.55. The summed E-state index contributed by atoms with van der Waals surface area (Å²) in [6.07, 6.45) is 0. The first kappa shape index (κ1) is 17.7. The molecule has 2 heterocycles. The van der Waals surface area contributed by atoms with Crippen molar-refractivity contribution in [2.45, 2.75) is 26.2 Å². The lowest BCUT2D eigenvalue weighted by Gasteiger charge is -2.30. The molecule has 0 radical (unpaired) electrons. The molecule has 26 heavy (non-hydrogen) atoms. The van der Waals surface area contributed by atoms with Gasteiger partial charge in [-0.05, 0) is 12.1 Å². The largest absolute Gasteiger partial charge is 0.497 e. The van der Waals surface area contributed by atoms with Gasteiger partial charge in [-0.15, -0.1) is 0 Å². The number of rotatable bonds is 5. The van der Waals surface area contributed by atoms with Crippen LogP contribution < -0.4 is 25.2 Å². The van der Waals surface area contributed by atoms with Crippen LogP contribution in [0.1, 0.15) is 29.8 Å². The molecule has 1 aliphatic heterocycles. The summed E-state index contributed by atoms with van der Waals surface area (Å²) in [4.78, 5) is 24.0. The van der Waals surface area contributed by atoms with Crippen LogP contribution in [-0.2, 0) is 11.3 Å². The molecule has 0 spiro atoms. The molecule has 0 saturated carbocycles. The standard InChI is InChI=1S/C18H19NO7/c1-18(2)25-13-8-14(24-16(20)15(13)17(21)26-18)19-9-10-5-6-11(22-3)7-12(10)23-4/h5-8,19H,9H2,1-4H3. The second-order valence-corrected chi connectivity index (χ2v) is 6.06. The molecule has 8 heteroatoms. The van der Waals surface area contributed by atoms with Gasteiger partial charge in [0.1, 0.15) is 11.5 Å². The third-order valence-electron chi connectivity index (χ3n) is 3.76. The van der Waals surface area contributed by atoms with E-state index in [1.807, 2.05) is 6.07 Å². The van der Waals surface area contributed by atoms with Crippen molar-refractivity contribution in [3.8, 4) is 17.2 Å². The first-order valence-electron chi connectivity index (χ1n) is 7.88. The minimum absolute atomic E-state index is 0.117. The summed E-state index contributed by atoms with van der Waals surface area (Å²) in [6, 6.07) is 6.83. The van der Waals surface area contributed by atoms with Gasteiger partial charge in [-0.2, -0.15) is 0 Å². The molecule has 0 aliphatic carbocycles. The van der Waals surface area contributed by atoms with Gasteiger partial charge in [-0.1, -0.05) is 0 Å². The number of ether oxygens (including phenoxy) is 4. The summed E-state index contributed by atoms with van der Waals surface area (Å²) in [5.41, 5.74) is -0.251. The van der Waals surface area contributed by atoms with Crippen molar-refractivity contribution in [2.24, 2.45) is 0 Å². The van der Waals surface area contributed by atoms with Crippen molar-refractivity contribution in [1.82, 2.24) is 0 Å². The summed E-state index contributed by atoms with van der Waals surface area (Å²) in [5, 5.41) is 2.99. The monoisotopic (exact) mass is 361 g/mol. The molecule has 0 unspecified atom stereocenters. The van der Waals surface area contributed by atoms with Gasteiger partial charge in [-0.3, -0.25) is 0 Å². The Morgan fingerprint density at radius 3 is 2.54 bits per heavy atom. The summed E-state index contributed by atoms with van der Waals surface area (Å²) in [7, 11) is 3.12. The highest BCUT2D eigenvalue weighted by Crippen LogP contribution is 2.31. The van der Waals surface area contributed by atoms with Gasteiger partial charge in [0, 0.05) is 38.1 Å². The fourth-order valence-electron chi connectivity index (χ4n) is 2.56. The minimum Gasteiger partial charge on any atom is -0.497 e. The number of esters is 1. The molecular formula is C18H19NO7. The Kier molecular flexibility index (Phi) is 4.50. The SMILES string of the molecule is COc1ccc(CNc2cc3c(c(=O)o2)C(=O)OC(C)(C)O3)c(OC)c1. The Hall–Kier alpha value is -3.16. The maximum Gasteiger partial charge on any atom is 0.356 e. The van der Waals surface area contributed by atoms with Crippen molar-refractivity contribution in [2.75, 3.05) is 19.5 Å². The number of methoxy groups -OCH3 is 2. The molecule has 3 rings (SSSR count). The third-order valence-corrected chi connectivity index (χ3v) is 3.76. The van der Waals surface area contributed by atoms with E-state index in [1.165, 1.54) is 6.07 Å². The van der Waals surface area contributed by atoms with Crippen molar-refractivity contribution < 1.29 is 28.2 Å². The van der Waals surface area contributed by atoms with Crippen LogP contribution in [0.3, 0.4) is 0 Å². The predicted molar refractivity (Wildman–Crippen MR) is 92.0 cm³/mol. The number of carbonyl (C=O) groups is 1. The number of hydrogen-bond acceptors (Lipinski definition) is 8. The highest BCUT2D eigenvalue weighted by atomic mass is 16.7. The molecule has 1 N–H and O–H groups in total. The maximum atomic E-state index is 12.1. The lowest BCUT2D eigenvalue weighted by Crippen LogP contribution is -2.41. The molecule has 0 bridgehead atoms. The van der Waals surface area contributed by atoms with Crippen LogP contribution in [0.15, 0.2) is 33.5 Å². The van der Waals surface area contributed by atoms with E-state index in [0.29, 0.717) is 18.0 Å². The quantitative estimate of drug-likeness (QED) is 0.812. The number of carbonyl (C=O) groups excluding carboxylic acids is 1. The molecule has 1 aromatic carbocycles. The fourth-order valence-corrected chi connectivity index (χ4v) is 2.56. The van der Waals surface area contributed by atoms with Crippen LogP contribution in [0.25, 0.3) is 0 Å². The number of fused-ring (bicyclic) bond motifs is 1. The zero-order valence-electron chi connectivity index (χ0n) is 14.9. The second kappa shape index (κ2) is 6.62. The van der Waals surface area contributed by atoms with Gasteiger partial charge in [0.05, 0.1) is 14.2 Å². The Bertz CT molecular complexity index is 901. The molecule has 2 aromatic rings. The topological polar surface area (TPSA) is 96.2 Å². The highest BCUT2D eigenvalue weighted by molar-refractivity contribution is 5.93. The Balaban J connectivity index is 1.85. The lowest BCUT2D eigenvalue weighted by molar-refractivity contribution is -0.128. The van der Waals surface area contributed by atoms with Gasteiger partial charge < -0.3 is 28.7 Å². The van der Waals surface area contributed by atoms with Gasteiger partial charge in [0.2, 0.25) is 11.7 Å². The first-order valence-corrected chi connectivity index (χ1v) is 7.88. The minimum atomic E-state index is -1.16. The molecule has 0 saturated heterocycles. The van der Waals surface area contributed by atoms with E-state index >= 15 is 0 Å². The van der Waals surface area contributed by atoms with E-state index < -0.39 is 17.4 Å². The number of cyclic esters (lactones) is 1. The van der Waals surface area contributed by atoms with E-state index in [-0.39, 0.29) is 17.2 Å². The van der Waals surface area contributed by atoms with Crippen LogP contribution in [0.2, 0.25) is 0 Å². The Morgan fingerprint density at radius 2 is 1.85 bits per heavy atom. The van der Waals surface area contributed by atoms with Crippen LogP contribution in [0.5, 0.6) is 17.2 Å². The smallest absolute Gasteiger partial charge is 0.356 e. The van der Waals surface area contributed by atoms with E-state index in [0.717, 1.165) is 5.56 Å². The van der Waals surface area contributed by atoms with Crippen molar-refractivity contribution in [3.63, 3.8) is 0 Å². The Morgan fingerprint density at radius 1 is 1.08 bits per heavy atom. The van der Waals surface area contributed by atoms with Gasteiger partial charge in [0.25, 0.3) is 0 Å². The number of hydrogen-bond donors (Lipinski definition) is 1. The van der Waals surface area contributed by atoms with Crippen LogP contribution >= 0.6 is 0 Å². The molecule has 1 aromatic heterocycles. The number of nitrogens with one attached hydrogen (secondary N) is 1. The second-order valence-electron chi connectivity index (χ2n) is 6.06. The van der Waals surface area contributed by atoms with Gasteiger partial charge in [-0.25, -0.2) is 9.59 Å². The van der Waals surface area contributed by atoms with Crippen molar-refractivity contribution in [3.05, 3.63) is 45.8 Å². The molecular weight excluding hydrogens is 342 g/mol. The average molecular weight is 361 g/mol. The number of anilines is 1. The summed E-state index contributed by atoms with van der Waals surface area (Å²) >= 11 is 0. The molecule has 1 aliphatic rings. The third kappa shape index (κ3) is 3.44. The normalized spacial score (nSPS) is 14.7. The van der Waals surface area contributed by atoms with E-state index in [4.69, 9.17) is 23.4 Å². The van der Waals surface area contributed by atoms with E-state index in [9.17, 15) is 9.59 Å². The van der Waals surface area contributed by atoms with Gasteiger partial charge >= 0.3 is 11.6 Å². The molecule has 0 amide bonds. The summed E-state index contributed by atoms with van der Waals surface area (Å²) < 4.78 is 26.2. The highest BCUT2D eigenvalue weighted by Gasteiger charge is 2.37. The van der Waals surface area contributed by atoms with Crippen LogP contribution in [0.4, 0.5) is 5.88 Å². The average Bonchev–Trinajstić information content (AvgIpc) is 2.57. The molecule has 138 valence electrons. The van der Waals surface area contributed by atoms with Crippen LogP contribution in [-0.4, -0.2) is 26.0 Å². The summed E-state index contributed by atoms with van der Waals surface area (Å²) in [5.74, 6) is -0.357. The maximum absolute atomic E-state index is 12.1. The zero-order chi connectivity index (χ0) is 18.9. The first-order chi connectivity index (χ1) is 12.3. The Labute approximate surface area is 149 Å². The molecule has 0 fully saturated rings. The van der Waals surface area contributed by atoms with E-state index in [2.05, 4.69) is 5.32 Å². The van der Waals surface area contributed by atoms with Gasteiger partial charge in [0.15, 0.2) is 11.3 Å². The lowest BCUT2D eigenvalue weighted by atomic mass is 10.2. The van der Waals surface area contributed by atoms with Crippen molar-refractivity contribution in [1.29, 1.82) is 0 Å². The van der Waals surface area contributed by atoms with Crippen molar-refractivity contribution >= 4 is 11.9 Å².